The first-order chi connectivity index (χ1) is 9.13. The van der Waals surface area contributed by atoms with Gasteiger partial charge < -0.3 is 19.9 Å². The highest BCUT2D eigenvalue weighted by molar-refractivity contribution is 5.80. The fourth-order valence-electron chi connectivity index (χ4n) is 1.43. The molecule has 19 heavy (non-hydrogen) atoms. The molecule has 0 heterocycles. The molecule has 1 amide bonds. The van der Waals surface area contributed by atoms with Gasteiger partial charge in [0.25, 0.3) is 5.91 Å². The normalized spacial score (nSPS) is 11.9. The zero-order valence-corrected chi connectivity index (χ0v) is 11.4. The van der Waals surface area contributed by atoms with Crippen LogP contribution in [0.1, 0.15) is 12.5 Å². The van der Waals surface area contributed by atoms with E-state index in [0.717, 1.165) is 5.56 Å². The third-order valence-corrected chi connectivity index (χ3v) is 2.48. The molecule has 1 unspecified atom stereocenters. The molecule has 0 aliphatic carbocycles. The molecule has 5 heteroatoms. The molecule has 0 radical (unpaired) electrons. The first kappa shape index (κ1) is 15.5. The number of aliphatic hydroxyl groups is 1. The molecule has 2 N–H and O–H groups in total. The maximum Gasteiger partial charge on any atom is 0.260 e. The van der Waals surface area contributed by atoms with Gasteiger partial charge in [-0.05, 0) is 26.0 Å². The number of aliphatic hydroxyl groups excluding tert-OH is 1. The van der Waals surface area contributed by atoms with Crippen molar-refractivity contribution in [2.24, 2.45) is 0 Å². The molecule has 1 rings (SSSR count). The van der Waals surface area contributed by atoms with E-state index in [1.54, 1.807) is 6.92 Å². The van der Waals surface area contributed by atoms with Crippen LogP contribution in [-0.4, -0.2) is 43.5 Å². The first-order valence-electron chi connectivity index (χ1n) is 6.33. The lowest BCUT2D eigenvalue weighted by atomic mass is 10.2. The Hall–Kier alpha value is -1.59. The van der Waals surface area contributed by atoms with E-state index in [9.17, 15) is 4.79 Å². The molecule has 0 aliphatic rings. The molecule has 0 bridgehead atoms. The number of carbonyl (C=O) groups excluding carboxylic acids is 1. The molecule has 0 aromatic heterocycles. The fourth-order valence-corrected chi connectivity index (χ4v) is 1.43. The van der Waals surface area contributed by atoms with Crippen molar-refractivity contribution in [3.63, 3.8) is 0 Å². The number of hydrogen-bond donors (Lipinski definition) is 2. The molecule has 1 aromatic carbocycles. The Labute approximate surface area is 113 Å². The summed E-state index contributed by atoms with van der Waals surface area (Å²) in [7, 11) is 0. The second-order valence-electron chi connectivity index (χ2n) is 4.20. The van der Waals surface area contributed by atoms with Gasteiger partial charge in [-0.1, -0.05) is 17.7 Å². The second kappa shape index (κ2) is 8.50. The third kappa shape index (κ3) is 6.22. The van der Waals surface area contributed by atoms with Gasteiger partial charge in [0.2, 0.25) is 0 Å². The van der Waals surface area contributed by atoms with Crippen LogP contribution in [-0.2, 0) is 9.53 Å². The molecular formula is C14H21NO4. The summed E-state index contributed by atoms with van der Waals surface area (Å²) in [6.07, 6.45) is -0.555. The maximum atomic E-state index is 11.7. The Morgan fingerprint density at radius 1 is 1.32 bits per heavy atom. The molecule has 0 aliphatic heterocycles. The van der Waals surface area contributed by atoms with Crippen LogP contribution in [0.2, 0.25) is 0 Å². The first-order valence-corrected chi connectivity index (χ1v) is 6.33. The van der Waals surface area contributed by atoms with Crippen molar-refractivity contribution in [2.75, 3.05) is 26.4 Å². The zero-order valence-electron chi connectivity index (χ0n) is 11.4. The lowest BCUT2D eigenvalue weighted by Crippen LogP contribution is -2.38. The third-order valence-electron chi connectivity index (χ3n) is 2.48. The molecule has 0 saturated heterocycles. The minimum atomic E-state index is -0.555. The minimum absolute atomic E-state index is 0.0130. The van der Waals surface area contributed by atoms with E-state index in [2.05, 4.69) is 5.32 Å². The monoisotopic (exact) mass is 267 g/mol. The van der Waals surface area contributed by atoms with Crippen LogP contribution in [0.5, 0.6) is 5.75 Å². The van der Waals surface area contributed by atoms with E-state index in [0.29, 0.717) is 18.9 Å². The van der Waals surface area contributed by atoms with E-state index in [-0.39, 0.29) is 19.1 Å². The number of aryl methyl sites for hydroxylation is 1. The number of amides is 1. The topological polar surface area (TPSA) is 67.8 Å². The van der Waals surface area contributed by atoms with Gasteiger partial charge in [0.05, 0.1) is 19.8 Å². The molecule has 106 valence electrons. The Morgan fingerprint density at radius 2 is 2.00 bits per heavy atom. The number of nitrogens with one attached hydrogen (secondary N) is 1. The van der Waals surface area contributed by atoms with Crippen LogP contribution in [0.4, 0.5) is 0 Å². The summed E-state index contributed by atoms with van der Waals surface area (Å²) in [4.78, 5) is 11.7. The van der Waals surface area contributed by atoms with Gasteiger partial charge in [-0.15, -0.1) is 0 Å². The Balaban J connectivity index is 2.26. The van der Waals surface area contributed by atoms with Crippen molar-refractivity contribution in [3.8, 4) is 5.75 Å². The Bertz CT molecular complexity index is 378. The van der Waals surface area contributed by atoms with E-state index < -0.39 is 6.10 Å². The molecule has 0 fully saturated rings. The number of rotatable bonds is 8. The van der Waals surface area contributed by atoms with Gasteiger partial charge in [0, 0.05) is 6.54 Å². The predicted molar refractivity (Wildman–Crippen MR) is 72.2 cm³/mol. The van der Waals surface area contributed by atoms with Crippen LogP contribution in [0, 0.1) is 6.92 Å². The lowest BCUT2D eigenvalue weighted by molar-refractivity contribution is -0.127. The summed E-state index contributed by atoms with van der Waals surface area (Å²) < 4.78 is 10.6. The van der Waals surface area contributed by atoms with Crippen LogP contribution < -0.4 is 10.1 Å². The van der Waals surface area contributed by atoms with Crippen molar-refractivity contribution in [1.29, 1.82) is 0 Å². The molecular weight excluding hydrogens is 246 g/mol. The average molecular weight is 267 g/mol. The smallest absolute Gasteiger partial charge is 0.260 e. The van der Waals surface area contributed by atoms with E-state index in [1.165, 1.54) is 0 Å². The van der Waals surface area contributed by atoms with Gasteiger partial charge in [-0.2, -0.15) is 0 Å². The SMILES string of the molecule is Cc1ccc(OC(C)C(=O)NCCOCCO)cc1. The highest BCUT2D eigenvalue weighted by atomic mass is 16.5. The number of benzene rings is 1. The van der Waals surface area contributed by atoms with Crippen molar-refractivity contribution in [3.05, 3.63) is 29.8 Å². The summed E-state index contributed by atoms with van der Waals surface area (Å²) in [6, 6.07) is 7.54. The van der Waals surface area contributed by atoms with E-state index >= 15 is 0 Å². The fraction of sp³-hybridized carbons (Fsp3) is 0.500. The van der Waals surface area contributed by atoms with Gasteiger partial charge >= 0.3 is 0 Å². The second-order valence-corrected chi connectivity index (χ2v) is 4.20. The van der Waals surface area contributed by atoms with Gasteiger partial charge in [-0.3, -0.25) is 4.79 Å². The van der Waals surface area contributed by atoms with E-state index in [1.807, 2.05) is 31.2 Å². The largest absolute Gasteiger partial charge is 0.481 e. The summed E-state index contributed by atoms with van der Waals surface area (Å²) in [5.74, 6) is 0.484. The van der Waals surface area contributed by atoms with Gasteiger partial charge in [-0.25, -0.2) is 0 Å². The Kier molecular flexibility index (Phi) is 6.92. The number of carbonyl (C=O) groups is 1. The maximum absolute atomic E-state index is 11.7. The zero-order chi connectivity index (χ0) is 14.1. The van der Waals surface area contributed by atoms with Crippen molar-refractivity contribution in [1.82, 2.24) is 5.32 Å². The number of ether oxygens (including phenoxy) is 2. The van der Waals surface area contributed by atoms with Crippen molar-refractivity contribution in [2.45, 2.75) is 20.0 Å². The van der Waals surface area contributed by atoms with Crippen molar-refractivity contribution >= 4 is 5.91 Å². The molecule has 1 aromatic rings. The van der Waals surface area contributed by atoms with Crippen molar-refractivity contribution < 1.29 is 19.4 Å². The Morgan fingerprint density at radius 3 is 2.63 bits per heavy atom. The van der Waals surface area contributed by atoms with Crippen LogP contribution in [0.3, 0.4) is 0 Å². The molecule has 0 spiro atoms. The average Bonchev–Trinajstić information content (AvgIpc) is 2.41. The minimum Gasteiger partial charge on any atom is -0.481 e. The molecule has 5 nitrogen and oxygen atoms in total. The highest BCUT2D eigenvalue weighted by Crippen LogP contribution is 2.13. The summed E-state index contributed by atoms with van der Waals surface area (Å²) in [5.41, 5.74) is 1.14. The van der Waals surface area contributed by atoms with Gasteiger partial charge in [0.1, 0.15) is 5.75 Å². The molecule has 1 atom stereocenters. The predicted octanol–water partition coefficient (Wildman–Crippen LogP) is 0.887. The summed E-state index contributed by atoms with van der Waals surface area (Å²) in [6.45, 7) is 4.74. The van der Waals surface area contributed by atoms with E-state index in [4.69, 9.17) is 14.6 Å². The summed E-state index contributed by atoms with van der Waals surface area (Å²) >= 11 is 0. The molecule has 0 saturated carbocycles. The van der Waals surface area contributed by atoms with Crippen LogP contribution in [0.25, 0.3) is 0 Å². The van der Waals surface area contributed by atoms with Gasteiger partial charge in [0.15, 0.2) is 6.10 Å². The number of hydrogen-bond acceptors (Lipinski definition) is 4. The lowest BCUT2D eigenvalue weighted by Gasteiger charge is -2.14. The quantitative estimate of drug-likeness (QED) is 0.686. The highest BCUT2D eigenvalue weighted by Gasteiger charge is 2.13. The van der Waals surface area contributed by atoms with Crippen LogP contribution >= 0.6 is 0 Å². The summed E-state index contributed by atoms with van der Waals surface area (Å²) in [5, 5.41) is 11.2. The standard InChI is InChI=1S/C14H21NO4/c1-11-3-5-13(6-4-11)19-12(2)14(17)15-7-9-18-10-8-16/h3-6,12,16H,7-10H2,1-2H3,(H,15,17). The van der Waals surface area contributed by atoms with Crippen LogP contribution in [0.15, 0.2) is 24.3 Å².